The molecule has 2 aliphatic heterocycles. The van der Waals surface area contributed by atoms with Gasteiger partial charge in [-0.05, 0) is 64.8 Å². The number of fused-ring (bicyclic) bond motifs is 1. The van der Waals surface area contributed by atoms with Gasteiger partial charge in [0.25, 0.3) is 11.8 Å². The van der Waals surface area contributed by atoms with Crippen molar-refractivity contribution in [3.63, 3.8) is 0 Å². The molecule has 0 unspecified atom stereocenters. The second-order valence-corrected chi connectivity index (χ2v) is 8.99. The molecule has 1 N–H and O–H groups in total. The van der Waals surface area contributed by atoms with Gasteiger partial charge in [0, 0.05) is 11.6 Å². The van der Waals surface area contributed by atoms with E-state index in [4.69, 9.17) is 18.9 Å². The number of ether oxygens (including phenoxy) is 4. The Balaban J connectivity index is 1.46. The highest BCUT2D eigenvalue weighted by Gasteiger charge is 2.37. The van der Waals surface area contributed by atoms with E-state index in [0.717, 1.165) is 4.90 Å². The van der Waals surface area contributed by atoms with Crippen LogP contribution in [0.3, 0.4) is 0 Å². The van der Waals surface area contributed by atoms with Crippen molar-refractivity contribution in [2.75, 3.05) is 18.3 Å². The summed E-state index contributed by atoms with van der Waals surface area (Å²) in [7, 11) is 0. The highest BCUT2D eigenvalue weighted by Crippen LogP contribution is 2.39. The van der Waals surface area contributed by atoms with E-state index < -0.39 is 23.7 Å². The van der Waals surface area contributed by atoms with Gasteiger partial charge < -0.3 is 18.9 Å². The Morgan fingerprint density at radius 2 is 1.84 bits per heavy atom. The monoisotopic (exact) mass is 582 g/mol. The standard InChI is InChI=1S/C27H20BrFN2O7/c1-2-35-23-11-15(10-19(28)24(23)36-13-16-5-3-4-6-20(16)29)9-18-25(32)30-27(34)31(26(18)33)17-7-8-21-22(12-17)38-14-37-21/h3-12H,2,13-14H2,1H3,(H,30,32,34)/b18-9+. The fourth-order valence-corrected chi connectivity index (χ4v) is 4.50. The van der Waals surface area contributed by atoms with Crippen LogP contribution in [0, 0.1) is 5.82 Å². The van der Waals surface area contributed by atoms with Gasteiger partial charge in [0.2, 0.25) is 6.79 Å². The number of urea groups is 1. The molecule has 0 aliphatic carbocycles. The molecule has 2 heterocycles. The highest BCUT2D eigenvalue weighted by molar-refractivity contribution is 9.10. The molecule has 3 aromatic rings. The molecule has 5 rings (SSSR count). The van der Waals surface area contributed by atoms with E-state index in [1.54, 1.807) is 43.3 Å². The summed E-state index contributed by atoms with van der Waals surface area (Å²) < 4.78 is 36.7. The first-order chi connectivity index (χ1) is 18.4. The van der Waals surface area contributed by atoms with E-state index >= 15 is 0 Å². The zero-order valence-electron chi connectivity index (χ0n) is 20.0. The van der Waals surface area contributed by atoms with Crippen LogP contribution in [0.2, 0.25) is 0 Å². The topological polar surface area (TPSA) is 103 Å². The molecule has 1 fully saturated rings. The lowest BCUT2D eigenvalue weighted by atomic mass is 10.1. The largest absolute Gasteiger partial charge is 0.490 e. The molecule has 0 aromatic heterocycles. The Labute approximate surface area is 224 Å². The highest BCUT2D eigenvalue weighted by atomic mass is 79.9. The number of imide groups is 2. The van der Waals surface area contributed by atoms with Crippen molar-refractivity contribution in [3.05, 3.63) is 81.6 Å². The number of barbiturate groups is 1. The summed E-state index contributed by atoms with van der Waals surface area (Å²) in [5.41, 5.74) is 0.739. The molecule has 194 valence electrons. The van der Waals surface area contributed by atoms with Gasteiger partial charge >= 0.3 is 6.03 Å². The van der Waals surface area contributed by atoms with Crippen molar-refractivity contribution in [1.29, 1.82) is 0 Å². The SMILES string of the molecule is CCOc1cc(/C=C2\C(=O)NC(=O)N(c3ccc4c(c3)OCO4)C2=O)cc(Br)c1OCc1ccccc1F. The minimum atomic E-state index is -0.885. The average molecular weight is 583 g/mol. The van der Waals surface area contributed by atoms with Gasteiger partial charge in [0.15, 0.2) is 23.0 Å². The molecule has 11 heteroatoms. The van der Waals surface area contributed by atoms with Gasteiger partial charge in [-0.1, -0.05) is 18.2 Å². The molecular weight excluding hydrogens is 563 g/mol. The molecule has 0 bridgehead atoms. The van der Waals surface area contributed by atoms with Crippen LogP contribution in [0.5, 0.6) is 23.0 Å². The molecule has 0 saturated carbocycles. The molecule has 4 amide bonds. The fraction of sp³-hybridized carbons (Fsp3) is 0.148. The average Bonchev–Trinajstić information content (AvgIpc) is 3.35. The number of hydrogen-bond donors (Lipinski definition) is 1. The number of amides is 4. The molecule has 0 spiro atoms. The maximum Gasteiger partial charge on any atom is 0.335 e. The number of hydrogen-bond acceptors (Lipinski definition) is 7. The predicted molar refractivity (Wildman–Crippen MR) is 138 cm³/mol. The molecule has 38 heavy (non-hydrogen) atoms. The Kier molecular flexibility index (Phi) is 7.01. The van der Waals surface area contributed by atoms with Gasteiger partial charge in [-0.25, -0.2) is 14.1 Å². The number of carbonyl (C=O) groups is 3. The molecule has 1 saturated heterocycles. The Bertz CT molecular complexity index is 1490. The lowest BCUT2D eigenvalue weighted by molar-refractivity contribution is -0.122. The van der Waals surface area contributed by atoms with Crippen molar-refractivity contribution < 1.29 is 37.7 Å². The third-order valence-electron chi connectivity index (χ3n) is 5.69. The van der Waals surface area contributed by atoms with Crippen LogP contribution in [-0.2, 0) is 16.2 Å². The third-order valence-corrected chi connectivity index (χ3v) is 6.28. The van der Waals surface area contributed by atoms with Crippen LogP contribution in [0.15, 0.2) is 64.6 Å². The van der Waals surface area contributed by atoms with Crippen molar-refractivity contribution in [2.45, 2.75) is 13.5 Å². The number of rotatable bonds is 7. The number of benzene rings is 3. The number of nitrogens with one attached hydrogen (secondary N) is 1. The maximum atomic E-state index is 14.0. The Morgan fingerprint density at radius 1 is 1.05 bits per heavy atom. The van der Waals surface area contributed by atoms with Crippen LogP contribution in [0.1, 0.15) is 18.1 Å². The van der Waals surface area contributed by atoms with E-state index in [1.165, 1.54) is 24.3 Å². The smallest absolute Gasteiger partial charge is 0.335 e. The van der Waals surface area contributed by atoms with Gasteiger partial charge in [0.05, 0.1) is 16.8 Å². The van der Waals surface area contributed by atoms with Crippen molar-refractivity contribution in [3.8, 4) is 23.0 Å². The van der Waals surface area contributed by atoms with Crippen molar-refractivity contribution in [2.24, 2.45) is 0 Å². The summed E-state index contributed by atoms with van der Waals surface area (Å²) in [5.74, 6) is -0.548. The lowest BCUT2D eigenvalue weighted by Crippen LogP contribution is -2.54. The first kappa shape index (κ1) is 25.3. The molecule has 0 atom stereocenters. The van der Waals surface area contributed by atoms with Gasteiger partial charge in [0.1, 0.15) is 18.0 Å². The fourth-order valence-electron chi connectivity index (χ4n) is 3.92. The second kappa shape index (κ2) is 10.5. The first-order valence-corrected chi connectivity index (χ1v) is 12.3. The number of halogens is 2. The van der Waals surface area contributed by atoms with Gasteiger partial charge in [-0.2, -0.15) is 0 Å². The number of carbonyl (C=O) groups excluding carboxylic acids is 3. The van der Waals surface area contributed by atoms with E-state index in [2.05, 4.69) is 21.2 Å². The zero-order chi connectivity index (χ0) is 26.8. The van der Waals surface area contributed by atoms with E-state index in [9.17, 15) is 18.8 Å². The lowest BCUT2D eigenvalue weighted by Gasteiger charge is -2.26. The van der Waals surface area contributed by atoms with Crippen LogP contribution >= 0.6 is 15.9 Å². The summed E-state index contributed by atoms with van der Waals surface area (Å²) in [6, 6.07) is 13.1. The predicted octanol–water partition coefficient (Wildman–Crippen LogP) is 4.96. The normalized spacial score (nSPS) is 15.6. The van der Waals surface area contributed by atoms with Crippen LogP contribution in [0.4, 0.5) is 14.9 Å². The third kappa shape index (κ3) is 4.92. The van der Waals surface area contributed by atoms with E-state index in [0.29, 0.717) is 45.2 Å². The summed E-state index contributed by atoms with van der Waals surface area (Å²) in [6.07, 6.45) is 1.35. The summed E-state index contributed by atoms with van der Waals surface area (Å²) in [4.78, 5) is 39.4. The maximum absolute atomic E-state index is 14.0. The van der Waals surface area contributed by atoms with Crippen molar-refractivity contribution >= 4 is 45.5 Å². The number of nitrogens with zero attached hydrogens (tertiary/aromatic N) is 1. The van der Waals surface area contributed by atoms with Crippen LogP contribution in [-0.4, -0.2) is 31.2 Å². The van der Waals surface area contributed by atoms with Gasteiger partial charge in [-0.3, -0.25) is 14.9 Å². The Morgan fingerprint density at radius 3 is 2.63 bits per heavy atom. The second-order valence-electron chi connectivity index (χ2n) is 8.14. The molecule has 2 aliphatic rings. The summed E-state index contributed by atoms with van der Waals surface area (Å²) >= 11 is 3.44. The van der Waals surface area contributed by atoms with E-state index in [-0.39, 0.29) is 24.7 Å². The number of anilines is 1. The van der Waals surface area contributed by atoms with E-state index in [1.807, 2.05) is 0 Å². The summed E-state index contributed by atoms with van der Waals surface area (Å²) in [5, 5.41) is 2.19. The minimum Gasteiger partial charge on any atom is -0.490 e. The summed E-state index contributed by atoms with van der Waals surface area (Å²) in [6.45, 7) is 2.07. The zero-order valence-corrected chi connectivity index (χ0v) is 21.5. The van der Waals surface area contributed by atoms with Crippen molar-refractivity contribution in [1.82, 2.24) is 5.32 Å². The molecular formula is C27H20BrFN2O7. The minimum absolute atomic E-state index is 0.0274. The van der Waals surface area contributed by atoms with Crippen LogP contribution < -0.4 is 29.2 Å². The quantitative estimate of drug-likeness (QED) is 0.310. The molecule has 0 radical (unpaired) electrons. The molecule has 9 nitrogen and oxygen atoms in total. The van der Waals surface area contributed by atoms with Gasteiger partial charge in [-0.15, -0.1) is 0 Å². The van der Waals surface area contributed by atoms with Crippen LogP contribution in [0.25, 0.3) is 6.08 Å². The first-order valence-electron chi connectivity index (χ1n) is 11.5. The Hall–Kier alpha value is -4.38. The molecule has 3 aromatic carbocycles.